The molecule has 0 spiro atoms. The molecule has 9 aromatic carbocycles. The van der Waals surface area contributed by atoms with Gasteiger partial charge in [0.2, 0.25) is 0 Å². The quantitative estimate of drug-likeness (QED) is 0.167. The van der Waals surface area contributed by atoms with Crippen LogP contribution in [0.25, 0.3) is 128 Å². The second kappa shape index (κ2) is 15.1. The molecule has 4 aromatic heterocycles. The highest BCUT2D eigenvalue weighted by Gasteiger charge is 2.27. The summed E-state index contributed by atoms with van der Waals surface area (Å²) in [6.45, 7) is 2.31. The summed E-state index contributed by atoms with van der Waals surface area (Å²) in [6.07, 6.45) is 5.68. The van der Waals surface area contributed by atoms with Gasteiger partial charge < -0.3 is 13.6 Å². The first kappa shape index (κ1) is 38.4. The Hall–Kier alpha value is -8.87. The maximum absolute atomic E-state index is 6.99. The van der Waals surface area contributed by atoms with Crippen LogP contribution in [0.15, 0.2) is 211 Å². The van der Waals surface area contributed by atoms with Gasteiger partial charge in [-0.1, -0.05) is 171 Å². The first-order valence-electron chi connectivity index (χ1n) is 23.3. The summed E-state index contributed by atoms with van der Waals surface area (Å²) in [7, 11) is 0. The van der Waals surface area contributed by atoms with E-state index in [1.807, 2.05) is 60.7 Å². The lowest BCUT2D eigenvalue weighted by Crippen LogP contribution is -2.08. The smallest absolute Gasteiger partial charge is 0.164 e. The molecule has 0 saturated carbocycles. The fourth-order valence-corrected chi connectivity index (χ4v) is 10.8. The van der Waals surface area contributed by atoms with Crippen molar-refractivity contribution in [3.05, 3.63) is 218 Å². The molecule has 13 aromatic rings. The summed E-state index contributed by atoms with van der Waals surface area (Å²) in [5, 5.41) is 8.05. The highest BCUT2D eigenvalue weighted by Crippen LogP contribution is 2.48. The van der Waals surface area contributed by atoms with Crippen LogP contribution >= 0.6 is 0 Å². The third-order valence-corrected chi connectivity index (χ3v) is 13.9. The van der Waals surface area contributed by atoms with Crippen LogP contribution in [0.3, 0.4) is 0 Å². The highest BCUT2D eigenvalue weighted by molar-refractivity contribution is 6.32. The van der Waals surface area contributed by atoms with Crippen LogP contribution in [-0.2, 0) is 6.42 Å². The molecule has 0 radical (unpaired) electrons. The molecule has 1 atom stereocenters. The van der Waals surface area contributed by atoms with E-state index in [4.69, 9.17) is 19.4 Å². The van der Waals surface area contributed by atoms with Gasteiger partial charge in [-0.2, -0.15) is 0 Å². The Bertz CT molecular complexity index is 4110. The maximum Gasteiger partial charge on any atom is 0.164 e. The van der Waals surface area contributed by atoms with Gasteiger partial charge in [0.1, 0.15) is 11.2 Å². The molecule has 0 amide bonds. The van der Waals surface area contributed by atoms with Gasteiger partial charge in [-0.25, -0.2) is 15.0 Å². The highest BCUT2D eigenvalue weighted by atomic mass is 16.3. The molecule has 0 bridgehead atoms. The van der Waals surface area contributed by atoms with Crippen molar-refractivity contribution in [2.45, 2.75) is 13.3 Å². The van der Waals surface area contributed by atoms with E-state index in [1.165, 1.54) is 44.0 Å². The zero-order valence-corrected chi connectivity index (χ0v) is 37.1. The van der Waals surface area contributed by atoms with E-state index >= 15 is 0 Å². The predicted octanol–water partition coefficient (Wildman–Crippen LogP) is 15.8. The zero-order chi connectivity index (χ0) is 44.9. The van der Waals surface area contributed by atoms with Gasteiger partial charge in [0.15, 0.2) is 17.5 Å². The number of fused-ring (bicyclic) bond motifs is 12. The van der Waals surface area contributed by atoms with Crippen LogP contribution in [0.4, 0.5) is 0 Å². The SMILES string of the molecule is CC1C=Cc2c(n(-c3ccccc3)c3ccc(-n4c5ccc6ccccc6c5c5c6oc7ccccc7c6cc(-c6ccc(-c7nc(-c8ccccc8)nc(-c8ccccc8)n7)cc6)c54)cc23)C1. The van der Waals surface area contributed by atoms with Crippen molar-refractivity contribution < 1.29 is 4.42 Å². The van der Waals surface area contributed by atoms with Crippen LogP contribution in [0.1, 0.15) is 18.2 Å². The molecule has 1 aliphatic carbocycles. The first-order chi connectivity index (χ1) is 33.6. The summed E-state index contributed by atoms with van der Waals surface area (Å²) in [5.74, 6) is 2.34. The van der Waals surface area contributed by atoms with Crippen molar-refractivity contribution in [2.75, 3.05) is 0 Å². The third-order valence-electron chi connectivity index (χ3n) is 13.9. The van der Waals surface area contributed by atoms with Gasteiger partial charge in [0.25, 0.3) is 0 Å². The van der Waals surface area contributed by atoms with E-state index in [0.29, 0.717) is 23.4 Å². The van der Waals surface area contributed by atoms with Crippen LogP contribution in [0, 0.1) is 5.92 Å². The van der Waals surface area contributed by atoms with Gasteiger partial charge in [-0.3, -0.25) is 0 Å². The lowest BCUT2D eigenvalue weighted by molar-refractivity contribution is 0.673. The Kier molecular flexibility index (Phi) is 8.52. The van der Waals surface area contributed by atoms with Gasteiger partial charge in [0.05, 0.1) is 21.9 Å². The lowest BCUT2D eigenvalue weighted by Gasteiger charge is -2.17. The van der Waals surface area contributed by atoms with Crippen LogP contribution in [0.2, 0.25) is 0 Å². The Balaban J connectivity index is 1.05. The molecule has 320 valence electrons. The third kappa shape index (κ3) is 5.94. The number of furan rings is 1. The van der Waals surface area contributed by atoms with Crippen LogP contribution in [0.5, 0.6) is 0 Å². The second-order valence-electron chi connectivity index (χ2n) is 18.0. The van der Waals surface area contributed by atoms with Gasteiger partial charge in [-0.05, 0) is 77.2 Å². The standard InChI is InChI=1S/C62H41N5O/c1-38-25-32-47-50-36-45(31-34-52(50)66(54(47)35-38)44-20-9-4-10-21-44)67-53-33-30-39-15-11-12-22-46(39)56(53)57-58(67)49(37-51-48-23-13-14-24-55(48)68-59(51)57)40-26-28-43(29-27-40)62-64-60(41-16-5-2-6-17-41)63-61(65-62)42-18-7-3-8-19-42/h2-34,36-38H,35H2,1H3. The average molecular weight is 872 g/mol. The minimum atomic E-state index is 0.446. The van der Waals surface area contributed by atoms with E-state index in [9.17, 15) is 0 Å². The first-order valence-corrected chi connectivity index (χ1v) is 23.3. The van der Waals surface area contributed by atoms with E-state index in [0.717, 1.165) is 78.3 Å². The fraction of sp³-hybridized carbons (Fsp3) is 0.0484. The van der Waals surface area contributed by atoms with Gasteiger partial charge in [0, 0.05) is 66.4 Å². The second-order valence-corrected chi connectivity index (χ2v) is 18.0. The molecule has 1 unspecified atom stereocenters. The van der Waals surface area contributed by atoms with E-state index in [1.54, 1.807) is 0 Å². The molecule has 0 fully saturated rings. The molecule has 4 heterocycles. The topological polar surface area (TPSA) is 61.7 Å². The Morgan fingerprint density at radius 3 is 1.79 bits per heavy atom. The van der Waals surface area contributed by atoms with Crippen molar-refractivity contribution in [3.8, 4) is 56.7 Å². The van der Waals surface area contributed by atoms with Crippen molar-refractivity contribution >= 4 is 71.5 Å². The number of hydrogen-bond acceptors (Lipinski definition) is 4. The molecule has 14 rings (SSSR count). The summed E-state index contributed by atoms with van der Waals surface area (Å²) >= 11 is 0. The van der Waals surface area contributed by atoms with E-state index in [2.05, 4.69) is 168 Å². The molecule has 0 saturated heterocycles. The molecule has 6 heteroatoms. The Morgan fingerprint density at radius 2 is 1.07 bits per heavy atom. The number of hydrogen-bond donors (Lipinski definition) is 0. The molecule has 1 aliphatic rings. The van der Waals surface area contributed by atoms with E-state index in [-0.39, 0.29) is 0 Å². The number of benzene rings is 9. The summed E-state index contributed by atoms with van der Waals surface area (Å²) in [4.78, 5) is 15.1. The monoisotopic (exact) mass is 871 g/mol. The van der Waals surface area contributed by atoms with Crippen LogP contribution < -0.4 is 0 Å². The minimum absolute atomic E-state index is 0.446. The largest absolute Gasteiger partial charge is 0.455 e. The molecule has 0 N–H and O–H groups in total. The summed E-state index contributed by atoms with van der Waals surface area (Å²) < 4.78 is 11.9. The van der Waals surface area contributed by atoms with Crippen molar-refractivity contribution in [1.82, 2.24) is 24.1 Å². The fourth-order valence-electron chi connectivity index (χ4n) is 10.8. The molecule has 68 heavy (non-hydrogen) atoms. The normalized spacial score (nSPS) is 13.7. The number of rotatable bonds is 6. The molecule has 6 nitrogen and oxygen atoms in total. The Morgan fingerprint density at radius 1 is 0.471 bits per heavy atom. The molecule has 0 aliphatic heterocycles. The number of allylic oxidation sites excluding steroid dienone is 1. The van der Waals surface area contributed by atoms with Crippen molar-refractivity contribution in [1.29, 1.82) is 0 Å². The van der Waals surface area contributed by atoms with Crippen molar-refractivity contribution in [3.63, 3.8) is 0 Å². The van der Waals surface area contributed by atoms with Gasteiger partial charge in [-0.15, -0.1) is 0 Å². The average Bonchev–Trinajstić information content (AvgIpc) is 4.06. The van der Waals surface area contributed by atoms with Crippen LogP contribution in [-0.4, -0.2) is 24.1 Å². The van der Waals surface area contributed by atoms with Crippen molar-refractivity contribution in [2.24, 2.45) is 5.92 Å². The molecular weight excluding hydrogens is 831 g/mol. The van der Waals surface area contributed by atoms with E-state index < -0.39 is 0 Å². The summed E-state index contributed by atoms with van der Waals surface area (Å²) in [5.41, 5.74) is 15.0. The lowest BCUT2D eigenvalue weighted by atomic mass is 9.94. The number of nitrogens with zero attached hydrogens (tertiary/aromatic N) is 5. The predicted molar refractivity (Wildman–Crippen MR) is 279 cm³/mol. The number of aromatic nitrogens is 5. The maximum atomic E-state index is 6.99. The number of para-hydroxylation sites is 2. The summed E-state index contributed by atoms with van der Waals surface area (Å²) in [6, 6.07) is 70.9. The van der Waals surface area contributed by atoms with Gasteiger partial charge >= 0.3 is 0 Å². The minimum Gasteiger partial charge on any atom is -0.455 e. The zero-order valence-electron chi connectivity index (χ0n) is 37.1. The molecular formula is C62H41N5O. The Labute approximate surface area is 391 Å².